The van der Waals surface area contributed by atoms with E-state index in [0.717, 1.165) is 25.9 Å². The molecule has 2 amide bonds. The fourth-order valence-electron chi connectivity index (χ4n) is 3.18. The van der Waals surface area contributed by atoms with E-state index in [-0.39, 0.29) is 23.8 Å². The summed E-state index contributed by atoms with van der Waals surface area (Å²) in [5, 5.41) is 7.59. The summed E-state index contributed by atoms with van der Waals surface area (Å²) in [7, 11) is 0. The van der Waals surface area contributed by atoms with Crippen molar-refractivity contribution >= 4 is 28.8 Å². The first-order valence-electron chi connectivity index (χ1n) is 10.0. The molecule has 0 spiro atoms. The number of hydrogen-bond acceptors (Lipinski definition) is 5. The summed E-state index contributed by atoms with van der Waals surface area (Å²) in [5.41, 5.74) is 0.587. The van der Waals surface area contributed by atoms with Crippen LogP contribution in [-0.4, -0.2) is 37.2 Å². The number of para-hydroxylation sites is 2. The highest BCUT2D eigenvalue weighted by molar-refractivity contribution is 7.12. The molecular weight excluding hydrogens is 388 g/mol. The average Bonchev–Trinajstić information content (AvgIpc) is 3.26. The second-order valence-electron chi connectivity index (χ2n) is 7.46. The van der Waals surface area contributed by atoms with Crippen LogP contribution in [0.4, 0.5) is 5.69 Å². The van der Waals surface area contributed by atoms with E-state index in [1.54, 1.807) is 12.1 Å². The molecule has 3 rings (SSSR count). The molecule has 2 atom stereocenters. The van der Waals surface area contributed by atoms with Gasteiger partial charge in [0.05, 0.1) is 16.7 Å². The number of thiophene rings is 1. The van der Waals surface area contributed by atoms with Gasteiger partial charge in [0.2, 0.25) is 5.91 Å². The first-order chi connectivity index (χ1) is 14.0. The first kappa shape index (κ1) is 21.3. The maximum atomic E-state index is 12.9. The number of carbonyl (C=O) groups excluding carboxylic acids is 2. The number of carbonyl (C=O) groups is 2. The van der Waals surface area contributed by atoms with Crippen LogP contribution in [0.5, 0.6) is 5.75 Å². The number of nitrogens with one attached hydrogen (secondary N) is 2. The lowest BCUT2D eigenvalue weighted by Gasteiger charge is -2.24. The first-order valence-corrected chi connectivity index (χ1v) is 10.9. The predicted molar refractivity (Wildman–Crippen MR) is 115 cm³/mol. The Balaban J connectivity index is 1.63. The van der Waals surface area contributed by atoms with E-state index in [1.165, 1.54) is 11.3 Å². The van der Waals surface area contributed by atoms with Gasteiger partial charge in [-0.3, -0.25) is 9.59 Å². The van der Waals surface area contributed by atoms with Crippen LogP contribution in [0.2, 0.25) is 0 Å². The molecule has 7 heteroatoms. The Morgan fingerprint density at radius 3 is 2.72 bits per heavy atom. The van der Waals surface area contributed by atoms with Gasteiger partial charge in [-0.25, -0.2) is 0 Å². The van der Waals surface area contributed by atoms with Crippen molar-refractivity contribution < 1.29 is 19.1 Å². The Morgan fingerprint density at radius 1 is 1.21 bits per heavy atom. The lowest BCUT2D eigenvalue weighted by Crippen LogP contribution is -2.47. The molecule has 2 unspecified atom stereocenters. The van der Waals surface area contributed by atoms with Gasteiger partial charge in [-0.15, -0.1) is 11.3 Å². The lowest BCUT2D eigenvalue weighted by molar-refractivity contribution is -0.118. The van der Waals surface area contributed by atoms with Crippen LogP contribution < -0.4 is 15.4 Å². The molecule has 1 fully saturated rings. The minimum atomic E-state index is -0.653. The summed E-state index contributed by atoms with van der Waals surface area (Å²) < 4.78 is 11.6. The summed E-state index contributed by atoms with van der Waals surface area (Å²) in [6, 6.07) is 10.2. The van der Waals surface area contributed by atoms with Gasteiger partial charge in [-0.2, -0.15) is 0 Å². The maximum absolute atomic E-state index is 12.9. The molecule has 2 N–H and O–H groups in total. The van der Waals surface area contributed by atoms with Crippen LogP contribution in [-0.2, 0) is 9.53 Å². The Labute approximate surface area is 175 Å². The van der Waals surface area contributed by atoms with Crippen molar-refractivity contribution in [2.45, 2.75) is 45.3 Å². The van der Waals surface area contributed by atoms with Crippen LogP contribution in [0.15, 0.2) is 41.8 Å². The lowest BCUT2D eigenvalue weighted by atomic mass is 10.0. The smallest absolute Gasteiger partial charge is 0.262 e. The minimum absolute atomic E-state index is 0.0670. The van der Waals surface area contributed by atoms with Crippen molar-refractivity contribution in [3.8, 4) is 5.75 Å². The number of benzene rings is 1. The van der Waals surface area contributed by atoms with Crippen molar-refractivity contribution in [1.82, 2.24) is 5.32 Å². The Kier molecular flexibility index (Phi) is 7.66. The fourth-order valence-corrected chi connectivity index (χ4v) is 3.81. The van der Waals surface area contributed by atoms with E-state index < -0.39 is 6.04 Å². The van der Waals surface area contributed by atoms with E-state index >= 15 is 0 Å². The van der Waals surface area contributed by atoms with Gasteiger partial charge in [-0.1, -0.05) is 32.0 Å². The van der Waals surface area contributed by atoms with E-state index in [9.17, 15) is 9.59 Å². The summed E-state index contributed by atoms with van der Waals surface area (Å²) >= 11 is 1.35. The minimum Gasteiger partial charge on any atom is -0.489 e. The van der Waals surface area contributed by atoms with E-state index in [2.05, 4.69) is 10.6 Å². The molecule has 1 aliphatic rings. The van der Waals surface area contributed by atoms with Crippen LogP contribution in [0, 0.1) is 5.92 Å². The monoisotopic (exact) mass is 416 g/mol. The van der Waals surface area contributed by atoms with Crippen LogP contribution in [0.1, 0.15) is 42.8 Å². The second kappa shape index (κ2) is 10.4. The summed E-state index contributed by atoms with van der Waals surface area (Å²) in [6.07, 6.45) is 3.31. The van der Waals surface area contributed by atoms with Crippen molar-refractivity contribution in [2.24, 2.45) is 5.92 Å². The van der Waals surface area contributed by atoms with Gasteiger partial charge in [0, 0.05) is 6.61 Å². The molecule has 1 aliphatic heterocycles. The van der Waals surface area contributed by atoms with Gasteiger partial charge < -0.3 is 20.1 Å². The Bertz CT molecular complexity index is 801. The number of hydrogen-bond donors (Lipinski definition) is 2. The van der Waals surface area contributed by atoms with E-state index in [4.69, 9.17) is 9.47 Å². The van der Waals surface area contributed by atoms with Crippen molar-refractivity contribution in [2.75, 3.05) is 18.5 Å². The average molecular weight is 417 g/mol. The maximum Gasteiger partial charge on any atom is 0.262 e. The molecule has 2 aromatic rings. The normalized spacial score (nSPS) is 17.6. The van der Waals surface area contributed by atoms with Gasteiger partial charge in [0.1, 0.15) is 18.4 Å². The number of amides is 2. The number of rotatable bonds is 8. The summed E-state index contributed by atoms with van der Waals surface area (Å²) in [4.78, 5) is 25.9. The number of anilines is 1. The molecule has 0 radical (unpaired) electrons. The van der Waals surface area contributed by atoms with Gasteiger partial charge in [-0.05, 0) is 48.8 Å². The Hall–Kier alpha value is -2.38. The third-order valence-corrected chi connectivity index (χ3v) is 5.69. The standard InChI is InChI=1S/C22H28N2O4S/c1-15(2)20(24-21(25)19-11-7-13-29-19)22(26)23-17-9-3-4-10-18(17)28-14-16-8-5-6-12-27-16/h3-4,7,9-11,13,15-16,20H,5-6,8,12,14H2,1-2H3,(H,23,26)(H,24,25). The molecule has 156 valence electrons. The van der Waals surface area contributed by atoms with Gasteiger partial charge >= 0.3 is 0 Å². The molecule has 6 nitrogen and oxygen atoms in total. The van der Waals surface area contributed by atoms with Crippen LogP contribution >= 0.6 is 11.3 Å². The predicted octanol–water partition coefficient (Wildman–Crippen LogP) is 4.09. The molecule has 29 heavy (non-hydrogen) atoms. The zero-order chi connectivity index (χ0) is 20.6. The molecule has 0 bridgehead atoms. The third kappa shape index (κ3) is 6.05. The summed E-state index contributed by atoms with van der Waals surface area (Å²) in [5.74, 6) is 0.0208. The highest BCUT2D eigenvalue weighted by atomic mass is 32.1. The topological polar surface area (TPSA) is 76.7 Å². The zero-order valence-corrected chi connectivity index (χ0v) is 17.7. The van der Waals surface area contributed by atoms with Crippen molar-refractivity contribution in [1.29, 1.82) is 0 Å². The molecule has 0 aliphatic carbocycles. The van der Waals surface area contributed by atoms with Crippen molar-refractivity contribution in [3.05, 3.63) is 46.7 Å². The molecule has 1 aromatic carbocycles. The van der Waals surface area contributed by atoms with Crippen LogP contribution in [0.3, 0.4) is 0 Å². The van der Waals surface area contributed by atoms with Gasteiger partial charge in [0.25, 0.3) is 5.91 Å². The highest BCUT2D eigenvalue weighted by Crippen LogP contribution is 2.25. The van der Waals surface area contributed by atoms with Crippen LogP contribution in [0.25, 0.3) is 0 Å². The summed E-state index contributed by atoms with van der Waals surface area (Å²) in [6.45, 7) is 5.03. The van der Waals surface area contributed by atoms with Crippen molar-refractivity contribution in [3.63, 3.8) is 0 Å². The molecule has 1 saturated heterocycles. The second-order valence-corrected chi connectivity index (χ2v) is 8.41. The van der Waals surface area contributed by atoms with E-state index in [0.29, 0.717) is 22.9 Å². The zero-order valence-electron chi connectivity index (χ0n) is 16.9. The highest BCUT2D eigenvalue weighted by Gasteiger charge is 2.26. The molecular formula is C22H28N2O4S. The molecule has 2 heterocycles. The Morgan fingerprint density at radius 2 is 2.03 bits per heavy atom. The van der Waals surface area contributed by atoms with Gasteiger partial charge in [0.15, 0.2) is 0 Å². The SMILES string of the molecule is CC(C)C(NC(=O)c1cccs1)C(=O)Nc1ccccc1OCC1CCCCO1. The largest absolute Gasteiger partial charge is 0.489 e. The fraction of sp³-hybridized carbons (Fsp3) is 0.455. The van der Waals surface area contributed by atoms with E-state index in [1.807, 2.05) is 43.5 Å². The number of ether oxygens (including phenoxy) is 2. The quantitative estimate of drug-likeness (QED) is 0.680. The third-order valence-electron chi connectivity index (χ3n) is 4.82. The molecule has 0 saturated carbocycles. The molecule has 1 aromatic heterocycles.